The third-order valence-electron chi connectivity index (χ3n) is 4.27. The standard InChI is InChI=1S/C18H23NO/c1-14(19-11-10-18-7-4-12-20-18)16-9-8-15-5-2-3-6-17(15)13-16/h4,7-9,12-14,19H,2-3,5-6,10-11H2,1H3. The van der Waals surface area contributed by atoms with Gasteiger partial charge in [0.25, 0.3) is 0 Å². The SMILES string of the molecule is CC(NCCc1ccco1)c1ccc2c(c1)CCCC2. The number of hydrogen-bond donors (Lipinski definition) is 1. The first-order valence-corrected chi connectivity index (χ1v) is 7.70. The lowest BCUT2D eigenvalue weighted by atomic mass is 9.89. The van der Waals surface area contributed by atoms with Gasteiger partial charge in [-0.3, -0.25) is 0 Å². The molecule has 0 radical (unpaired) electrons. The lowest BCUT2D eigenvalue weighted by Gasteiger charge is -2.20. The van der Waals surface area contributed by atoms with Crippen molar-refractivity contribution in [2.45, 2.75) is 45.1 Å². The van der Waals surface area contributed by atoms with Gasteiger partial charge in [-0.2, -0.15) is 0 Å². The van der Waals surface area contributed by atoms with E-state index in [1.54, 1.807) is 17.4 Å². The zero-order valence-electron chi connectivity index (χ0n) is 12.2. The van der Waals surface area contributed by atoms with Crippen LogP contribution in [0, 0.1) is 0 Å². The molecular weight excluding hydrogens is 246 g/mol. The van der Waals surface area contributed by atoms with Gasteiger partial charge in [-0.1, -0.05) is 18.2 Å². The highest BCUT2D eigenvalue weighted by molar-refractivity contribution is 5.35. The summed E-state index contributed by atoms with van der Waals surface area (Å²) >= 11 is 0. The maximum absolute atomic E-state index is 5.36. The topological polar surface area (TPSA) is 25.2 Å². The molecule has 106 valence electrons. The van der Waals surface area contributed by atoms with E-state index in [9.17, 15) is 0 Å². The molecular formula is C18H23NO. The average molecular weight is 269 g/mol. The van der Waals surface area contributed by atoms with E-state index in [0.29, 0.717) is 6.04 Å². The molecule has 1 aromatic heterocycles. The van der Waals surface area contributed by atoms with Crippen LogP contribution in [-0.2, 0) is 19.3 Å². The van der Waals surface area contributed by atoms with E-state index in [-0.39, 0.29) is 0 Å². The van der Waals surface area contributed by atoms with Crippen LogP contribution < -0.4 is 5.32 Å². The van der Waals surface area contributed by atoms with Gasteiger partial charge in [-0.15, -0.1) is 0 Å². The summed E-state index contributed by atoms with van der Waals surface area (Å²) in [4.78, 5) is 0. The molecule has 1 aliphatic carbocycles. The average Bonchev–Trinajstić information content (AvgIpc) is 3.00. The fourth-order valence-electron chi connectivity index (χ4n) is 3.01. The number of rotatable bonds is 5. The molecule has 0 saturated carbocycles. The van der Waals surface area contributed by atoms with Crippen molar-refractivity contribution in [2.75, 3.05) is 6.54 Å². The monoisotopic (exact) mass is 269 g/mol. The third-order valence-corrected chi connectivity index (χ3v) is 4.27. The molecule has 2 heteroatoms. The van der Waals surface area contributed by atoms with Crippen LogP contribution in [0.5, 0.6) is 0 Å². The zero-order valence-corrected chi connectivity index (χ0v) is 12.2. The van der Waals surface area contributed by atoms with Gasteiger partial charge in [-0.25, -0.2) is 0 Å². The smallest absolute Gasteiger partial charge is 0.105 e. The molecule has 1 aromatic carbocycles. The second kappa shape index (κ2) is 6.27. The largest absolute Gasteiger partial charge is 0.469 e. The maximum atomic E-state index is 5.36. The lowest BCUT2D eigenvalue weighted by Crippen LogP contribution is -2.21. The van der Waals surface area contributed by atoms with Crippen LogP contribution in [0.2, 0.25) is 0 Å². The fraction of sp³-hybridized carbons (Fsp3) is 0.444. The predicted octanol–water partition coefficient (Wildman–Crippen LogP) is 4.05. The van der Waals surface area contributed by atoms with Gasteiger partial charge in [0.2, 0.25) is 0 Å². The van der Waals surface area contributed by atoms with E-state index in [4.69, 9.17) is 4.42 Å². The van der Waals surface area contributed by atoms with Crippen LogP contribution in [0.4, 0.5) is 0 Å². The highest BCUT2D eigenvalue weighted by Crippen LogP contribution is 2.24. The molecule has 0 fully saturated rings. The van der Waals surface area contributed by atoms with Crippen molar-refractivity contribution in [2.24, 2.45) is 0 Å². The zero-order chi connectivity index (χ0) is 13.8. The van der Waals surface area contributed by atoms with Crippen molar-refractivity contribution in [3.8, 4) is 0 Å². The minimum Gasteiger partial charge on any atom is -0.469 e. The highest BCUT2D eigenvalue weighted by atomic mass is 16.3. The third kappa shape index (κ3) is 3.13. The van der Waals surface area contributed by atoms with Crippen molar-refractivity contribution in [3.63, 3.8) is 0 Å². The molecule has 0 saturated heterocycles. The molecule has 1 aliphatic rings. The number of aryl methyl sites for hydroxylation is 2. The molecule has 0 bridgehead atoms. The Kier molecular flexibility index (Phi) is 4.22. The molecule has 0 spiro atoms. The Morgan fingerprint density at radius 3 is 2.80 bits per heavy atom. The summed E-state index contributed by atoms with van der Waals surface area (Å²) in [5, 5.41) is 3.58. The Bertz CT molecular complexity index is 545. The molecule has 3 rings (SSSR count). The second-order valence-corrected chi connectivity index (χ2v) is 5.74. The fourth-order valence-corrected chi connectivity index (χ4v) is 3.01. The summed E-state index contributed by atoms with van der Waals surface area (Å²) in [6.45, 7) is 3.19. The van der Waals surface area contributed by atoms with Gasteiger partial charge in [-0.05, 0) is 61.4 Å². The molecule has 1 heterocycles. The van der Waals surface area contributed by atoms with E-state index in [1.807, 2.05) is 12.1 Å². The number of fused-ring (bicyclic) bond motifs is 1. The molecule has 1 unspecified atom stereocenters. The number of benzene rings is 1. The van der Waals surface area contributed by atoms with Crippen LogP contribution in [0.25, 0.3) is 0 Å². The number of furan rings is 1. The van der Waals surface area contributed by atoms with Crippen LogP contribution >= 0.6 is 0 Å². The lowest BCUT2D eigenvalue weighted by molar-refractivity contribution is 0.486. The second-order valence-electron chi connectivity index (χ2n) is 5.74. The van der Waals surface area contributed by atoms with E-state index < -0.39 is 0 Å². The Morgan fingerprint density at radius 1 is 1.15 bits per heavy atom. The van der Waals surface area contributed by atoms with E-state index in [2.05, 4.69) is 30.4 Å². The quantitative estimate of drug-likeness (QED) is 0.885. The highest BCUT2D eigenvalue weighted by Gasteiger charge is 2.12. The van der Waals surface area contributed by atoms with E-state index in [0.717, 1.165) is 18.7 Å². The maximum Gasteiger partial charge on any atom is 0.105 e. The molecule has 0 aliphatic heterocycles. The summed E-state index contributed by atoms with van der Waals surface area (Å²) in [6.07, 6.45) is 7.89. The van der Waals surface area contributed by atoms with E-state index in [1.165, 1.54) is 31.2 Å². The number of nitrogens with one attached hydrogen (secondary N) is 1. The van der Waals surface area contributed by atoms with Gasteiger partial charge in [0, 0.05) is 19.0 Å². The first kappa shape index (κ1) is 13.4. The summed E-state index contributed by atoms with van der Waals surface area (Å²) in [6, 6.07) is 11.4. The minimum atomic E-state index is 0.400. The van der Waals surface area contributed by atoms with Crippen LogP contribution in [0.3, 0.4) is 0 Å². The summed E-state index contributed by atoms with van der Waals surface area (Å²) < 4.78 is 5.36. The molecule has 20 heavy (non-hydrogen) atoms. The molecule has 2 aromatic rings. The molecule has 0 amide bonds. The summed E-state index contributed by atoms with van der Waals surface area (Å²) in [7, 11) is 0. The van der Waals surface area contributed by atoms with Gasteiger partial charge in [0.1, 0.15) is 5.76 Å². The first-order chi connectivity index (χ1) is 9.83. The van der Waals surface area contributed by atoms with Gasteiger partial charge < -0.3 is 9.73 Å². The van der Waals surface area contributed by atoms with Crippen LogP contribution in [0.1, 0.15) is 48.3 Å². The van der Waals surface area contributed by atoms with Crippen molar-refractivity contribution in [1.29, 1.82) is 0 Å². The Balaban J connectivity index is 1.57. The van der Waals surface area contributed by atoms with Crippen molar-refractivity contribution >= 4 is 0 Å². The minimum absolute atomic E-state index is 0.400. The Morgan fingerprint density at radius 2 is 2.00 bits per heavy atom. The first-order valence-electron chi connectivity index (χ1n) is 7.70. The molecule has 1 N–H and O–H groups in total. The summed E-state index contributed by atoms with van der Waals surface area (Å²) in [5.41, 5.74) is 4.53. The Hall–Kier alpha value is -1.54. The van der Waals surface area contributed by atoms with Crippen molar-refractivity contribution in [3.05, 3.63) is 59.0 Å². The van der Waals surface area contributed by atoms with Crippen molar-refractivity contribution in [1.82, 2.24) is 5.32 Å². The summed E-state index contributed by atoms with van der Waals surface area (Å²) in [5.74, 6) is 1.05. The molecule has 2 nitrogen and oxygen atoms in total. The van der Waals surface area contributed by atoms with Crippen LogP contribution in [-0.4, -0.2) is 6.54 Å². The predicted molar refractivity (Wildman–Crippen MR) is 81.9 cm³/mol. The van der Waals surface area contributed by atoms with Crippen LogP contribution in [0.15, 0.2) is 41.0 Å². The van der Waals surface area contributed by atoms with Gasteiger partial charge in [0.05, 0.1) is 6.26 Å². The Labute approximate surface area is 121 Å². The van der Waals surface area contributed by atoms with Crippen molar-refractivity contribution < 1.29 is 4.42 Å². The normalized spacial score (nSPS) is 15.8. The molecule has 1 atom stereocenters. The van der Waals surface area contributed by atoms with Gasteiger partial charge in [0.15, 0.2) is 0 Å². The van der Waals surface area contributed by atoms with Gasteiger partial charge >= 0.3 is 0 Å². The number of hydrogen-bond acceptors (Lipinski definition) is 2. The van der Waals surface area contributed by atoms with E-state index >= 15 is 0 Å².